The molecule has 1 fully saturated rings. The lowest BCUT2D eigenvalue weighted by molar-refractivity contribution is -0.138. The summed E-state index contributed by atoms with van der Waals surface area (Å²) in [5.74, 6) is 0.950. The van der Waals surface area contributed by atoms with Crippen molar-refractivity contribution in [1.29, 1.82) is 0 Å². The Morgan fingerprint density at radius 1 is 1.03 bits per heavy atom. The molecule has 0 saturated heterocycles. The first-order chi connectivity index (χ1) is 16.7. The van der Waals surface area contributed by atoms with Gasteiger partial charge in [-0.05, 0) is 42.5 Å². The number of halogens is 3. The number of thiophene rings is 1. The molecule has 0 amide bonds. The molecule has 1 saturated carbocycles. The summed E-state index contributed by atoms with van der Waals surface area (Å²) in [6.45, 7) is 0.492. The van der Waals surface area contributed by atoms with Crippen LogP contribution < -0.4 is 16.0 Å². The molecular formula is C26H23F3N2O3S. The van der Waals surface area contributed by atoms with E-state index in [4.69, 9.17) is 4.74 Å². The number of para-hydroxylation sites is 1. The van der Waals surface area contributed by atoms with E-state index in [9.17, 15) is 22.8 Å². The second kappa shape index (κ2) is 9.03. The number of alkyl halides is 3. The predicted octanol–water partition coefficient (Wildman–Crippen LogP) is 5.36. The average molecular weight is 501 g/mol. The van der Waals surface area contributed by atoms with E-state index in [1.54, 1.807) is 22.8 Å². The smallest absolute Gasteiger partial charge is 0.416 e. The number of aromatic nitrogens is 2. The average Bonchev–Trinajstić information content (AvgIpc) is 3.59. The lowest BCUT2D eigenvalue weighted by Crippen LogP contribution is -2.38. The van der Waals surface area contributed by atoms with Crippen LogP contribution in [0.15, 0.2) is 64.2 Å². The van der Waals surface area contributed by atoms with Gasteiger partial charge in [0.1, 0.15) is 17.2 Å². The van der Waals surface area contributed by atoms with Crippen molar-refractivity contribution in [3.05, 3.63) is 97.0 Å². The highest BCUT2D eigenvalue weighted by atomic mass is 32.1. The third-order valence-electron chi connectivity index (χ3n) is 6.29. The zero-order valence-corrected chi connectivity index (χ0v) is 19.8. The molecule has 5 rings (SSSR count). The van der Waals surface area contributed by atoms with Gasteiger partial charge in [0.05, 0.1) is 10.9 Å². The molecule has 0 unspecified atom stereocenters. The third kappa shape index (κ3) is 4.65. The van der Waals surface area contributed by atoms with Gasteiger partial charge in [0.15, 0.2) is 0 Å². The summed E-state index contributed by atoms with van der Waals surface area (Å²) in [6.07, 6.45) is -2.50. The normalized spacial score (nSPS) is 13.9. The summed E-state index contributed by atoms with van der Waals surface area (Å²) in [4.78, 5) is 27.3. The molecule has 1 aliphatic rings. The van der Waals surface area contributed by atoms with Gasteiger partial charge in [-0.15, -0.1) is 11.3 Å². The third-order valence-corrected chi connectivity index (χ3v) is 7.55. The van der Waals surface area contributed by atoms with Gasteiger partial charge in [-0.2, -0.15) is 13.2 Å². The van der Waals surface area contributed by atoms with Crippen LogP contribution in [0.25, 0.3) is 10.2 Å². The van der Waals surface area contributed by atoms with E-state index in [1.165, 1.54) is 30.5 Å². The molecule has 0 spiro atoms. The summed E-state index contributed by atoms with van der Waals surface area (Å²) in [6, 6.07) is 14.5. The zero-order valence-electron chi connectivity index (χ0n) is 19.0. The molecule has 35 heavy (non-hydrogen) atoms. The first kappa shape index (κ1) is 23.4. The van der Waals surface area contributed by atoms with Crippen molar-refractivity contribution in [2.75, 3.05) is 0 Å². The van der Waals surface area contributed by atoms with Crippen molar-refractivity contribution in [2.45, 2.75) is 38.6 Å². The molecule has 0 aliphatic heterocycles. The Bertz CT molecular complexity index is 1500. The Hall–Kier alpha value is -3.33. The van der Waals surface area contributed by atoms with Crippen LogP contribution in [0, 0.1) is 5.92 Å². The molecule has 2 aromatic carbocycles. The molecule has 182 valence electrons. The van der Waals surface area contributed by atoms with Crippen LogP contribution in [0.3, 0.4) is 0 Å². The summed E-state index contributed by atoms with van der Waals surface area (Å²) in [7, 11) is 1.44. The Kier molecular flexibility index (Phi) is 6.04. The van der Waals surface area contributed by atoms with Crippen molar-refractivity contribution in [1.82, 2.24) is 9.13 Å². The number of ether oxygens (including phenoxy) is 1. The first-order valence-electron chi connectivity index (χ1n) is 11.3. The van der Waals surface area contributed by atoms with E-state index in [2.05, 4.69) is 0 Å². The number of rotatable bonds is 7. The lowest BCUT2D eigenvalue weighted by atomic mass is 10.0. The molecule has 4 aromatic rings. The standard InChI is InChI=1S/C26H23F3N2O3S/c1-30-23(32)22-19(15-34-18-8-3-2-4-9-18)21(13-17-7-5-6-10-20(17)26(27,28)29)35-24(22)31(25(30)33)14-16-11-12-16/h2-10,16H,11-15H2,1H3. The highest BCUT2D eigenvalue weighted by Gasteiger charge is 2.34. The fourth-order valence-electron chi connectivity index (χ4n) is 4.24. The maximum atomic E-state index is 13.7. The molecule has 1 aliphatic carbocycles. The highest BCUT2D eigenvalue weighted by Crippen LogP contribution is 2.37. The fraction of sp³-hybridized carbons (Fsp3) is 0.308. The number of benzene rings is 2. The van der Waals surface area contributed by atoms with E-state index < -0.39 is 23.0 Å². The van der Waals surface area contributed by atoms with E-state index in [-0.39, 0.29) is 18.6 Å². The molecule has 5 nitrogen and oxygen atoms in total. The number of nitrogens with zero attached hydrogens (tertiary/aromatic N) is 2. The van der Waals surface area contributed by atoms with Crippen LogP contribution in [0.4, 0.5) is 13.2 Å². The summed E-state index contributed by atoms with van der Waals surface area (Å²) in [5, 5.41) is 0.341. The van der Waals surface area contributed by atoms with Gasteiger partial charge >= 0.3 is 11.9 Å². The van der Waals surface area contributed by atoms with Crippen LogP contribution >= 0.6 is 11.3 Å². The Morgan fingerprint density at radius 2 is 1.71 bits per heavy atom. The first-order valence-corrected chi connectivity index (χ1v) is 12.1. The van der Waals surface area contributed by atoms with Crippen molar-refractivity contribution in [2.24, 2.45) is 13.0 Å². The van der Waals surface area contributed by atoms with Gasteiger partial charge in [-0.3, -0.25) is 13.9 Å². The van der Waals surface area contributed by atoms with Crippen LogP contribution in [0.1, 0.15) is 34.4 Å². The van der Waals surface area contributed by atoms with E-state index >= 15 is 0 Å². The molecule has 0 atom stereocenters. The summed E-state index contributed by atoms with van der Waals surface area (Å²) >= 11 is 1.21. The molecule has 0 N–H and O–H groups in total. The summed E-state index contributed by atoms with van der Waals surface area (Å²) in [5.41, 5.74) is -0.948. The maximum Gasteiger partial charge on any atom is 0.416 e. The van der Waals surface area contributed by atoms with Crippen molar-refractivity contribution < 1.29 is 17.9 Å². The number of fused-ring (bicyclic) bond motifs is 1. The topological polar surface area (TPSA) is 53.2 Å². The SMILES string of the molecule is Cn1c(=O)c2c(COc3ccccc3)c(Cc3ccccc3C(F)(F)F)sc2n(CC2CC2)c1=O. The van der Waals surface area contributed by atoms with Gasteiger partial charge < -0.3 is 4.74 Å². The Morgan fingerprint density at radius 3 is 2.40 bits per heavy atom. The number of hydrogen-bond donors (Lipinski definition) is 0. The van der Waals surface area contributed by atoms with Crippen LogP contribution in [-0.2, 0) is 32.8 Å². The van der Waals surface area contributed by atoms with Crippen LogP contribution in [-0.4, -0.2) is 9.13 Å². The van der Waals surface area contributed by atoms with Crippen molar-refractivity contribution >= 4 is 21.6 Å². The molecule has 2 aromatic heterocycles. The Labute approximate surface area is 203 Å². The minimum atomic E-state index is -4.50. The van der Waals surface area contributed by atoms with Crippen molar-refractivity contribution in [3.8, 4) is 5.75 Å². The van der Waals surface area contributed by atoms with Gasteiger partial charge in [-0.1, -0.05) is 36.4 Å². The van der Waals surface area contributed by atoms with Crippen LogP contribution in [0.5, 0.6) is 5.75 Å². The lowest BCUT2D eigenvalue weighted by Gasteiger charge is -2.13. The zero-order chi connectivity index (χ0) is 24.7. The number of hydrogen-bond acceptors (Lipinski definition) is 4. The molecule has 2 heterocycles. The monoisotopic (exact) mass is 500 g/mol. The van der Waals surface area contributed by atoms with E-state index in [0.29, 0.717) is 38.9 Å². The highest BCUT2D eigenvalue weighted by molar-refractivity contribution is 7.18. The second-order valence-corrected chi connectivity index (χ2v) is 9.90. The van der Waals surface area contributed by atoms with Gasteiger partial charge in [0.2, 0.25) is 0 Å². The minimum Gasteiger partial charge on any atom is -0.489 e. The minimum absolute atomic E-state index is 0.00437. The maximum absolute atomic E-state index is 13.7. The van der Waals surface area contributed by atoms with Gasteiger partial charge in [0.25, 0.3) is 5.56 Å². The molecular weight excluding hydrogens is 477 g/mol. The molecule has 0 bridgehead atoms. The van der Waals surface area contributed by atoms with Crippen LogP contribution in [0.2, 0.25) is 0 Å². The predicted molar refractivity (Wildman–Crippen MR) is 129 cm³/mol. The van der Waals surface area contributed by atoms with E-state index in [1.807, 2.05) is 18.2 Å². The van der Waals surface area contributed by atoms with Crippen molar-refractivity contribution in [3.63, 3.8) is 0 Å². The molecule has 0 radical (unpaired) electrons. The Balaban J connectivity index is 1.68. The van der Waals surface area contributed by atoms with Gasteiger partial charge in [-0.25, -0.2) is 4.79 Å². The fourth-order valence-corrected chi connectivity index (χ4v) is 5.56. The second-order valence-electron chi connectivity index (χ2n) is 8.82. The quantitative estimate of drug-likeness (QED) is 0.343. The van der Waals surface area contributed by atoms with E-state index in [0.717, 1.165) is 23.5 Å². The molecule has 9 heteroatoms. The largest absolute Gasteiger partial charge is 0.489 e. The summed E-state index contributed by atoms with van der Waals surface area (Å²) < 4.78 is 49.7. The van der Waals surface area contributed by atoms with Gasteiger partial charge in [0, 0.05) is 30.5 Å².